The molecule has 1 unspecified atom stereocenters. The molecular weight excluding hydrogens is 196 g/mol. The number of likely N-dealkylation sites (tertiary alicyclic amines) is 1. The number of hydrogen-bond donors (Lipinski definition) is 2. The van der Waals surface area contributed by atoms with Crippen LogP contribution in [0, 0.1) is 0 Å². The van der Waals surface area contributed by atoms with Crippen molar-refractivity contribution in [1.82, 2.24) is 4.90 Å². The standard InChI is InChI=1S/C10H18N2O3/c11-9(13)4-6-12-5-2-1-3-8(12)7-10(14)15/h8H,1-7H2,(H2,11,13)(H,14,15). The normalized spacial score (nSPS) is 22.5. The Labute approximate surface area is 89.2 Å². The van der Waals surface area contributed by atoms with Gasteiger partial charge in [0.15, 0.2) is 0 Å². The fourth-order valence-corrected chi connectivity index (χ4v) is 2.04. The number of nitrogens with two attached hydrogens (primary N) is 1. The van der Waals surface area contributed by atoms with Crippen LogP contribution in [0.3, 0.4) is 0 Å². The van der Waals surface area contributed by atoms with E-state index < -0.39 is 5.97 Å². The van der Waals surface area contributed by atoms with Crippen molar-refractivity contribution >= 4 is 11.9 Å². The molecule has 1 fully saturated rings. The topological polar surface area (TPSA) is 83.6 Å². The molecule has 1 saturated heterocycles. The Bertz CT molecular complexity index is 243. The van der Waals surface area contributed by atoms with Crippen LogP contribution in [-0.4, -0.2) is 41.0 Å². The average molecular weight is 214 g/mol. The number of amides is 1. The number of rotatable bonds is 5. The highest BCUT2D eigenvalue weighted by molar-refractivity contribution is 5.73. The Kier molecular flexibility index (Phi) is 4.55. The molecule has 0 aliphatic carbocycles. The van der Waals surface area contributed by atoms with E-state index in [1.54, 1.807) is 0 Å². The number of hydrogen-bond acceptors (Lipinski definition) is 3. The largest absolute Gasteiger partial charge is 0.481 e. The fraction of sp³-hybridized carbons (Fsp3) is 0.800. The summed E-state index contributed by atoms with van der Waals surface area (Å²) < 4.78 is 0. The smallest absolute Gasteiger partial charge is 0.304 e. The predicted molar refractivity (Wildman–Crippen MR) is 55.3 cm³/mol. The Morgan fingerprint density at radius 1 is 1.40 bits per heavy atom. The summed E-state index contributed by atoms with van der Waals surface area (Å²) in [6.45, 7) is 1.47. The first-order valence-corrected chi connectivity index (χ1v) is 5.33. The molecule has 0 aromatic heterocycles. The molecule has 0 saturated carbocycles. The molecule has 0 aromatic carbocycles. The summed E-state index contributed by atoms with van der Waals surface area (Å²) >= 11 is 0. The Morgan fingerprint density at radius 2 is 2.13 bits per heavy atom. The van der Waals surface area contributed by atoms with Crippen molar-refractivity contribution in [3.8, 4) is 0 Å². The van der Waals surface area contributed by atoms with Crippen molar-refractivity contribution in [2.45, 2.75) is 38.1 Å². The summed E-state index contributed by atoms with van der Waals surface area (Å²) in [5, 5.41) is 8.74. The second kappa shape index (κ2) is 5.70. The van der Waals surface area contributed by atoms with Gasteiger partial charge in [-0.2, -0.15) is 0 Å². The van der Waals surface area contributed by atoms with Gasteiger partial charge in [-0.3, -0.25) is 14.5 Å². The van der Waals surface area contributed by atoms with Gasteiger partial charge in [-0.1, -0.05) is 6.42 Å². The number of carboxylic acids is 1. The van der Waals surface area contributed by atoms with Gasteiger partial charge in [0.2, 0.25) is 5.91 Å². The lowest BCUT2D eigenvalue weighted by molar-refractivity contribution is -0.138. The first kappa shape index (κ1) is 12.0. The maximum absolute atomic E-state index is 10.7. The van der Waals surface area contributed by atoms with E-state index in [1.807, 2.05) is 0 Å². The number of aliphatic carboxylic acids is 1. The molecule has 1 atom stereocenters. The summed E-state index contributed by atoms with van der Waals surface area (Å²) in [4.78, 5) is 23.4. The zero-order chi connectivity index (χ0) is 11.3. The minimum absolute atomic E-state index is 0.0793. The van der Waals surface area contributed by atoms with Gasteiger partial charge >= 0.3 is 5.97 Å². The summed E-state index contributed by atoms with van der Waals surface area (Å²) in [5.74, 6) is -1.10. The van der Waals surface area contributed by atoms with Gasteiger partial charge in [0.25, 0.3) is 0 Å². The van der Waals surface area contributed by atoms with Crippen LogP contribution in [0.1, 0.15) is 32.1 Å². The van der Waals surface area contributed by atoms with Gasteiger partial charge in [-0.15, -0.1) is 0 Å². The third kappa shape index (κ3) is 4.29. The van der Waals surface area contributed by atoms with Crippen molar-refractivity contribution in [2.24, 2.45) is 5.73 Å². The molecular formula is C10H18N2O3. The molecule has 5 heteroatoms. The van der Waals surface area contributed by atoms with Crippen molar-refractivity contribution in [1.29, 1.82) is 0 Å². The van der Waals surface area contributed by atoms with E-state index >= 15 is 0 Å². The zero-order valence-electron chi connectivity index (χ0n) is 8.82. The van der Waals surface area contributed by atoms with E-state index in [4.69, 9.17) is 10.8 Å². The SMILES string of the molecule is NC(=O)CCN1CCCCC1CC(=O)O. The van der Waals surface area contributed by atoms with E-state index in [2.05, 4.69) is 4.90 Å². The molecule has 15 heavy (non-hydrogen) atoms. The highest BCUT2D eigenvalue weighted by Crippen LogP contribution is 2.19. The monoisotopic (exact) mass is 214 g/mol. The molecule has 5 nitrogen and oxygen atoms in total. The second-order valence-electron chi connectivity index (χ2n) is 4.00. The number of carboxylic acid groups (broad SMARTS) is 1. The van der Waals surface area contributed by atoms with E-state index in [0.717, 1.165) is 25.8 Å². The Morgan fingerprint density at radius 3 is 2.73 bits per heavy atom. The fourth-order valence-electron chi connectivity index (χ4n) is 2.04. The first-order valence-electron chi connectivity index (χ1n) is 5.33. The van der Waals surface area contributed by atoms with Crippen LogP contribution >= 0.6 is 0 Å². The molecule has 0 spiro atoms. The van der Waals surface area contributed by atoms with Crippen LogP contribution < -0.4 is 5.73 Å². The quantitative estimate of drug-likeness (QED) is 0.684. The maximum atomic E-state index is 10.7. The first-order chi connectivity index (χ1) is 7.09. The van der Waals surface area contributed by atoms with E-state index in [0.29, 0.717) is 13.0 Å². The van der Waals surface area contributed by atoms with Crippen molar-refractivity contribution in [3.63, 3.8) is 0 Å². The van der Waals surface area contributed by atoms with Crippen molar-refractivity contribution in [2.75, 3.05) is 13.1 Å². The predicted octanol–water partition coefficient (Wildman–Crippen LogP) is 0.191. The van der Waals surface area contributed by atoms with Gasteiger partial charge in [0.05, 0.1) is 6.42 Å². The average Bonchev–Trinajstić information content (AvgIpc) is 2.15. The van der Waals surface area contributed by atoms with Gasteiger partial charge in [-0.05, 0) is 19.4 Å². The summed E-state index contributed by atoms with van der Waals surface area (Å²) in [5.41, 5.74) is 5.07. The van der Waals surface area contributed by atoms with Gasteiger partial charge in [0.1, 0.15) is 0 Å². The third-order valence-electron chi connectivity index (χ3n) is 2.80. The van der Waals surface area contributed by atoms with Crippen LogP contribution in [0.4, 0.5) is 0 Å². The zero-order valence-corrected chi connectivity index (χ0v) is 8.82. The van der Waals surface area contributed by atoms with Crippen molar-refractivity contribution < 1.29 is 14.7 Å². The third-order valence-corrected chi connectivity index (χ3v) is 2.80. The molecule has 3 N–H and O–H groups in total. The van der Waals surface area contributed by atoms with Crippen LogP contribution in [0.15, 0.2) is 0 Å². The van der Waals surface area contributed by atoms with Gasteiger partial charge < -0.3 is 10.8 Å². The molecule has 0 radical (unpaired) electrons. The number of primary amides is 1. The molecule has 0 aromatic rings. The molecule has 1 aliphatic heterocycles. The highest BCUT2D eigenvalue weighted by Gasteiger charge is 2.24. The minimum atomic E-state index is -0.772. The maximum Gasteiger partial charge on any atom is 0.304 e. The minimum Gasteiger partial charge on any atom is -0.481 e. The van der Waals surface area contributed by atoms with Crippen LogP contribution in [-0.2, 0) is 9.59 Å². The van der Waals surface area contributed by atoms with Crippen LogP contribution in [0.5, 0.6) is 0 Å². The van der Waals surface area contributed by atoms with Gasteiger partial charge in [0, 0.05) is 19.0 Å². The molecule has 86 valence electrons. The van der Waals surface area contributed by atoms with Crippen molar-refractivity contribution in [3.05, 3.63) is 0 Å². The lowest BCUT2D eigenvalue weighted by Gasteiger charge is -2.34. The number of carbonyl (C=O) groups excluding carboxylic acids is 1. The lowest BCUT2D eigenvalue weighted by Crippen LogP contribution is -2.42. The van der Waals surface area contributed by atoms with E-state index in [-0.39, 0.29) is 18.4 Å². The van der Waals surface area contributed by atoms with E-state index in [1.165, 1.54) is 0 Å². The van der Waals surface area contributed by atoms with Gasteiger partial charge in [-0.25, -0.2) is 0 Å². The van der Waals surface area contributed by atoms with E-state index in [9.17, 15) is 9.59 Å². The summed E-state index contributed by atoms with van der Waals surface area (Å²) in [7, 11) is 0. The second-order valence-corrected chi connectivity index (χ2v) is 4.00. The Balaban J connectivity index is 2.42. The molecule has 1 aliphatic rings. The molecule has 1 heterocycles. The molecule has 1 rings (SSSR count). The summed E-state index contributed by atoms with van der Waals surface area (Å²) in [6, 6.07) is 0.0793. The molecule has 1 amide bonds. The Hall–Kier alpha value is -1.10. The van der Waals surface area contributed by atoms with Crippen LogP contribution in [0.25, 0.3) is 0 Å². The summed E-state index contributed by atoms with van der Waals surface area (Å²) in [6.07, 6.45) is 3.54. The van der Waals surface area contributed by atoms with Crippen LogP contribution in [0.2, 0.25) is 0 Å². The number of carbonyl (C=O) groups is 2. The lowest BCUT2D eigenvalue weighted by atomic mass is 9.99. The molecule has 0 bridgehead atoms. The highest BCUT2D eigenvalue weighted by atomic mass is 16.4. The number of nitrogens with zero attached hydrogens (tertiary/aromatic N) is 1. The number of piperidine rings is 1.